The second kappa shape index (κ2) is 4.67. The number of carbonyl (C=O) groups is 1. The number of benzene rings is 1. The highest BCUT2D eigenvalue weighted by atomic mass is 79.9. The number of hydrogen-bond donors (Lipinski definition) is 2. The Morgan fingerprint density at radius 3 is 3.00 bits per heavy atom. The molecule has 1 amide bonds. The van der Waals surface area contributed by atoms with Gasteiger partial charge in [-0.3, -0.25) is 4.79 Å². The van der Waals surface area contributed by atoms with E-state index in [0.717, 1.165) is 16.6 Å². The van der Waals surface area contributed by atoms with Crippen molar-refractivity contribution in [3.05, 3.63) is 28.2 Å². The number of anilines is 1. The van der Waals surface area contributed by atoms with Crippen molar-refractivity contribution >= 4 is 40.2 Å². The molecule has 16 heavy (non-hydrogen) atoms. The smallest absolute Gasteiger partial charge is 0.258 e. The van der Waals surface area contributed by atoms with Gasteiger partial charge in [-0.2, -0.15) is 0 Å². The third kappa shape index (κ3) is 2.06. The maximum Gasteiger partial charge on any atom is 0.258 e. The van der Waals surface area contributed by atoms with Gasteiger partial charge in [-0.05, 0) is 24.6 Å². The molecule has 0 saturated heterocycles. The molecule has 0 saturated carbocycles. The Morgan fingerprint density at radius 1 is 1.56 bits per heavy atom. The highest BCUT2D eigenvalue weighted by Gasteiger charge is 2.29. The first-order valence-electron chi connectivity index (χ1n) is 5.18. The van der Waals surface area contributed by atoms with Crippen LogP contribution in [0.3, 0.4) is 0 Å². The summed E-state index contributed by atoms with van der Waals surface area (Å²) in [7, 11) is 0. The molecular weight excluding hydrogens is 288 g/mol. The molecule has 2 rings (SSSR count). The van der Waals surface area contributed by atoms with Crippen molar-refractivity contribution in [2.75, 3.05) is 11.9 Å². The van der Waals surface area contributed by atoms with E-state index in [1.54, 1.807) is 4.90 Å². The molecule has 0 radical (unpaired) electrons. The fourth-order valence-electron chi connectivity index (χ4n) is 1.77. The van der Waals surface area contributed by atoms with Crippen molar-refractivity contribution < 1.29 is 4.79 Å². The molecule has 1 aliphatic rings. The highest BCUT2D eigenvalue weighted by molar-refractivity contribution is 9.10. The van der Waals surface area contributed by atoms with Crippen LogP contribution < -0.4 is 5.32 Å². The van der Waals surface area contributed by atoms with Gasteiger partial charge < -0.3 is 10.2 Å². The standard InChI is InChI=1S/C11H13BrN2OS/c1-2-5-14-10(15)8-6-7(12)3-4-9(8)13-11(14)16/h3-4,6,11,13,16H,2,5H2,1H3. The van der Waals surface area contributed by atoms with E-state index in [0.29, 0.717) is 12.1 Å². The summed E-state index contributed by atoms with van der Waals surface area (Å²) in [6.45, 7) is 2.76. The van der Waals surface area contributed by atoms with Crippen molar-refractivity contribution in [2.24, 2.45) is 0 Å². The third-order valence-electron chi connectivity index (χ3n) is 2.52. The van der Waals surface area contributed by atoms with E-state index in [4.69, 9.17) is 0 Å². The predicted octanol–water partition coefficient (Wildman–Crippen LogP) is 2.94. The fourth-order valence-corrected chi connectivity index (χ4v) is 2.49. The van der Waals surface area contributed by atoms with Crippen molar-refractivity contribution in [1.29, 1.82) is 0 Å². The Morgan fingerprint density at radius 2 is 2.31 bits per heavy atom. The SMILES string of the molecule is CCCN1C(=O)c2cc(Br)ccc2NC1S. The summed E-state index contributed by atoms with van der Waals surface area (Å²) in [5, 5.41) is 3.20. The quantitative estimate of drug-likeness (QED) is 0.823. The summed E-state index contributed by atoms with van der Waals surface area (Å²) in [6, 6.07) is 5.64. The van der Waals surface area contributed by atoms with Crippen LogP contribution in [0.4, 0.5) is 5.69 Å². The van der Waals surface area contributed by atoms with Gasteiger partial charge in [0.15, 0.2) is 0 Å². The Balaban J connectivity index is 2.38. The summed E-state index contributed by atoms with van der Waals surface area (Å²) >= 11 is 7.76. The molecule has 86 valence electrons. The molecule has 0 spiro atoms. The topological polar surface area (TPSA) is 32.3 Å². The van der Waals surface area contributed by atoms with Gasteiger partial charge in [0.2, 0.25) is 0 Å². The second-order valence-electron chi connectivity index (χ2n) is 3.71. The van der Waals surface area contributed by atoms with Crippen LogP contribution in [0.5, 0.6) is 0 Å². The monoisotopic (exact) mass is 300 g/mol. The molecule has 1 heterocycles. The molecule has 0 fully saturated rings. The number of carbonyl (C=O) groups excluding carboxylic acids is 1. The van der Waals surface area contributed by atoms with Crippen molar-refractivity contribution in [1.82, 2.24) is 4.90 Å². The highest BCUT2D eigenvalue weighted by Crippen LogP contribution is 2.29. The lowest BCUT2D eigenvalue weighted by Gasteiger charge is -2.35. The maximum absolute atomic E-state index is 12.2. The zero-order valence-corrected chi connectivity index (χ0v) is 11.4. The molecule has 1 aromatic carbocycles. The summed E-state index contributed by atoms with van der Waals surface area (Å²) < 4.78 is 0.912. The summed E-state index contributed by atoms with van der Waals surface area (Å²) in [4.78, 5) is 13.9. The van der Waals surface area contributed by atoms with Crippen molar-refractivity contribution in [3.63, 3.8) is 0 Å². The number of nitrogens with zero attached hydrogens (tertiary/aromatic N) is 1. The molecule has 0 bridgehead atoms. The summed E-state index contributed by atoms with van der Waals surface area (Å²) in [5.74, 6) is 0.0388. The van der Waals surface area contributed by atoms with Crippen LogP contribution in [0.2, 0.25) is 0 Å². The average molecular weight is 301 g/mol. The molecule has 1 atom stereocenters. The Kier molecular flexibility index (Phi) is 3.44. The molecular formula is C11H13BrN2OS. The van der Waals surface area contributed by atoms with Crippen LogP contribution in [0.1, 0.15) is 23.7 Å². The molecule has 1 aromatic rings. The zero-order chi connectivity index (χ0) is 11.7. The summed E-state index contributed by atoms with van der Waals surface area (Å²) in [5.41, 5.74) is 1.31. The lowest BCUT2D eigenvalue weighted by Crippen LogP contribution is -2.46. The van der Waals surface area contributed by atoms with Gasteiger partial charge >= 0.3 is 0 Å². The van der Waals surface area contributed by atoms with E-state index >= 15 is 0 Å². The van der Waals surface area contributed by atoms with Gasteiger partial charge in [-0.25, -0.2) is 0 Å². The van der Waals surface area contributed by atoms with Gasteiger partial charge in [0, 0.05) is 16.7 Å². The number of thiol groups is 1. The van der Waals surface area contributed by atoms with E-state index in [1.165, 1.54) is 0 Å². The maximum atomic E-state index is 12.2. The molecule has 3 nitrogen and oxygen atoms in total. The minimum absolute atomic E-state index is 0.0388. The first kappa shape index (κ1) is 11.8. The van der Waals surface area contributed by atoms with Crippen LogP contribution in [-0.2, 0) is 0 Å². The number of halogens is 1. The number of nitrogens with one attached hydrogen (secondary N) is 1. The third-order valence-corrected chi connectivity index (χ3v) is 3.42. The second-order valence-corrected chi connectivity index (χ2v) is 5.11. The molecule has 0 aliphatic carbocycles. The Hall–Kier alpha value is -0.680. The van der Waals surface area contributed by atoms with Gasteiger partial charge in [-0.1, -0.05) is 22.9 Å². The van der Waals surface area contributed by atoms with Gasteiger partial charge in [-0.15, -0.1) is 12.6 Å². The number of rotatable bonds is 2. The van der Waals surface area contributed by atoms with E-state index in [9.17, 15) is 4.79 Å². The lowest BCUT2D eigenvalue weighted by atomic mass is 10.1. The molecule has 1 N–H and O–H groups in total. The fraction of sp³-hybridized carbons (Fsp3) is 0.364. The van der Waals surface area contributed by atoms with Gasteiger partial charge in [0.05, 0.1) is 5.56 Å². The van der Waals surface area contributed by atoms with E-state index < -0.39 is 0 Å². The number of amides is 1. The predicted molar refractivity (Wildman–Crippen MR) is 71.9 cm³/mol. The number of hydrogen-bond acceptors (Lipinski definition) is 3. The van der Waals surface area contributed by atoms with Crippen molar-refractivity contribution in [3.8, 4) is 0 Å². The average Bonchev–Trinajstić information content (AvgIpc) is 2.26. The minimum atomic E-state index is -0.235. The van der Waals surface area contributed by atoms with Gasteiger partial charge in [0.25, 0.3) is 5.91 Å². The van der Waals surface area contributed by atoms with Crippen LogP contribution in [0.15, 0.2) is 22.7 Å². The van der Waals surface area contributed by atoms with Crippen LogP contribution in [0, 0.1) is 0 Å². The molecule has 1 unspecified atom stereocenters. The zero-order valence-electron chi connectivity index (χ0n) is 8.90. The van der Waals surface area contributed by atoms with E-state index in [1.807, 2.05) is 25.1 Å². The normalized spacial score (nSPS) is 19.3. The Labute approximate surface area is 109 Å². The minimum Gasteiger partial charge on any atom is -0.356 e. The molecule has 1 aliphatic heterocycles. The van der Waals surface area contributed by atoms with E-state index in [2.05, 4.69) is 33.9 Å². The summed E-state index contributed by atoms with van der Waals surface area (Å²) in [6.07, 6.45) is 0.924. The first-order valence-corrected chi connectivity index (χ1v) is 6.49. The molecule has 5 heteroatoms. The van der Waals surface area contributed by atoms with Crippen LogP contribution >= 0.6 is 28.6 Å². The Bertz CT molecular complexity index is 424. The van der Waals surface area contributed by atoms with Crippen molar-refractivity contribution in [2.45, 2.75) is 18.8 Å². The van der Waals surface area contributed by atoms with E-state index in [-0.39, 0.29) is 11.4 Å². The lowest BCUT2D eigenvalue weighted by molar-refractivity contribution is 0.0741. The van der Waals surface area contributed by atoms with Crippen LogP contribution in [-0.4, -0.2) is 22.8 Å². The van der Waals surface area contributed by atoms with Crippen LogP contribution in [0.25, 0.3) is 0 Å². The van der Waals surface area contributed by atoms with Gasteiger partial charge in [0.1, 0.15) is 5.50 Å². The largest absolute Gasteiger partial charge is 0.356 e. The first-order chi connectivity index (χ1) is 7.63. The number of fused-ring (bicyclic) bond motifs is 1. The molecule has 0 aromatic heterocycles.